The van der Waals surface area contributed by atoms with Crippen LogP contribution in [0.5, 0.6) is 11.5 Å². The number of benzene rings is 2. The Morgan fingerprint density at radius 3 is 2.53 bits per heavy atom. The number of phenolic OH excluding ortho intramolecular Hbond substituents is 1. The van der Waals surface area contributed by atoms with Crippen LogP contribution in [0.15, 0.2) is 53.6 Å². The molecular weight excluding hydrogens is 414 g/mol. The molecular formula is C23H29N3O6. The maximum absolute atomic E-state index is 12.6. The Labute approximate surface area is 187 Å². The standard InChI is InChI=1S/C23H29N3O6/c1-23(2,3)32-22(29)25-18(15-31-14-16-8-6-5-7-9-16)21(28)26-24-13-17-10-11-19(27)20(12-17)30-4/h5-13,18,27H,14-15H2,1-4H3,(H,25,29)(H,26,28). The van der Waals surface area contributed by atoms with Gasteiger partial charge in [0.25, 0.3) is 5.91 Å². The molecule has 3 N–H and O–H groups in total. The van der Waals surface area contributed by atoms with Gasteiger partial charge in [0.2, 0.25) is 0 Å². The average Bonchev–Trinajstić information content (AvgIpc) is 2.73. The highest BCUT2D eigenvalue weighted by Gasteiger charge is 2.24. The first kappa shape index (κ1) is 24.7. The molecule has 1 atom stereocenters. The van der Waals surface area contributed by atoms with Crippen molar-refractivity contribution in [3.63, 3.8) is 0 Å². The van der Waals surface area contributed by atoms with Crippen molar-refractivity contribution < 1.29 is 28.9 Å². The maximum Gasteiger partial charge on any atom is 0.408 e. The number of nitrogens with zero attached hydrogens (tertiary/aromatic N) is 1. The fraction of sp³-hybridized carbons (Fsp3) is 0.348. The van der Waals surface area contributed by atoms with Gasteiger partial charge in [0.15, 0.2) is 11.5 Å². The van der Waals surface area contributed by atoms with Crippen LogP contribution in [0.2, 0.25) is 0 Å². The summed E-state index contributed by atoms with van der Waals surface area (Å²) in [6.07, 6.45) is 0.642. The zero-order valence-corrected chi connectivity index (χ0v) is 18.6. The van der Waals surface area contributed by atoms with Crippen LogP contribution in [0.25, 0.3) is 0 Å². The van der Waals surface area contributed by atoms with Crippen LogP contribution in [0, 0.1) is 0 Å². The molecule has 2 rings (SSSR count). The van der Waals surface area contributed by atoms with Crippen LogP contribution in [0.3, 0.4) is 0 Å². The minimum absolute atomic E-state index is 0.00845. The monoisotopic (exact) mass is 443 g/mol. The van der Waals surface area contributed by atoms with Gasteiger partial charge in [-0.25, -0.2) is 10.2 Å². The molecule has 9 heteroatoms. The van der Waals surface area contributed by atoms with E-state index in [1.54, 1.807) is 32.9 Å². The molecule has 32 heavy (non-hydrogen) atoms. The van der Waals surface area contributed by atoms with Crippen LogP contribution in [0.1, 0.15) is 31.9 Å². The normalized spacial score (nSPS) is 12.2. The fourth-order valence-electron chi connectivity index (χ4n) is 2.52. The molecule has 2 aromatic rings. The summed E-state index contributed by atoms with van der Waals surface area (Å²) >= 11 is 0. The van der Waals surface area contributed by atoms with Crippen molar-refractivity contribution in [2.75, 3.05) is 13.7 Å². The highest BCUT2D eigenvalue weighted by Crippen LogP contribution is 2.25. The van der Waals surface area contributed by atoms with Crippen molar-refractivity contribution in [1.29, 1.82) is 0 Å². The highest BCUT2D eigenvalue weighted by atomic mass is 16.6. The predicted molar refractivity (Wildman–Crippen MR) is 120 cm³/mol. The van der Waals surface area contributed by atoms with Crippen LogP contribution < -0.4 is 15.5 Å². The second-order valence-corrected chi connectivity index (χ2v) is 7.87. The smallest absolute Gasteiger partial charge is 0.408 e. The molecule has 0 aliphatic heterocycles. The van der Waals surface area contributed by atoms with Crippen LogP contribution >= 0.6 is 0 Å². The van der Waals surface area contributed by atoms with Crippen LogP contribution in [-0.4, -0.2) is 48.7 Å². The van der Waals surface area contributed by atoms with Crippen molar-refractivity contribution in [2.24, 2.45) is 5.10 Å². The SMILES string of the molecule is COc1cc(C=NNC(=O)C(COCc2ccccc2)NC(=O)OC(C)(C)C)ccc1O. The molecule has 0 heterocycles. The van der Waals surface area contributed by atoms with Gasteiger partial charge in [0, 0.05) is 0 Å². The zero-order chi connectivity index (χ0) is 23.6. The Kier molecular flexibility index (Phi) is 9.03. The van der Waals surface area contributed by atoms with E-state index >= 15 is 0 Å². The van der Waals surface area contributed by atoms with E-state index in [-0.39, 0.29) is 24.7 Å². The summed E-state index contributed by atoms with van der Waals surface area (Å²) in [5, 5.41) is 16.1. The quantitative estimate of drug-likeness (QED) is 0.405. The highest BCUT2D eigenvalue weighted by molar-refractivity contribution is 5.87. The Bertz CT molecular complexity index is 925. The van der Waals surface area contributed by atoms with E-state index in [4.69, 9.17) is 14.2 Å². The molecule has 0 aliphatic carbocycles. The van der Waals surface area contributed by atoms with Gasteiger partial charge in [-0.05, 0) is 50.1 Å². The van der Waals surface area contributed by atoms with Crippen molar-refractivity contribution >= 4 is 18.2 Å². The van der Waals surface area contributed by atoms with E-state index in [9.17, 15) is 14.7 Å². The van der Waals surface area contributed by atoms with Gasteiger partial charge in [-0.1, -0.05) is 30.3 Å². The molecule has 0 aliphatic rings. The summed E-state index contributed by atoms with van der Waals surface area (Å²) in [5.41, 5.74) is 3.19. The van der Waals surface area contributed by atoms with E-state index in [0.29, 0.717) is 5.56 Å². The number of hydrogen-bond donors (Lipinski definition) is 3. The van der Waals surface area contributed by atoms with Gasteiger partial charge in [-0.2, -0.15) is 5.10 Å². The zero-order valence-electron chi connectivity index (χ0n) is 18.6. The van der Waals surface area contributed by atoms with Gasteiger partial charge in [0.1, 0.15) is 11.6 Å². The minimum atomic E-state index is -1.03. The topological polar surface area (TPSA) is 118 Å². The number of phenols is 1. The largest absolute Gasteiger partial charge is 0.504 e. The third kappa shape index (κ3) is 8.65. The number of rotatable bonds is 9. The van der Waals surface area contributed by atoms with Gasteiger partial charge >= 0.3 is 6.09 Å². The lowest BCUT2D eigenvalue weighted by Gasteiger charge is -2.22. The number of nitrogens with one attached hydrogen (secondary N) is 2. The number of methoxy groups -OCH3 is 1. The van der Waals surface area contributed by atoms with Crippen LogP contribution in [0.4, 0.5) is 4.79 Å². The summed E-state index contributed by atoms with van der Waals surface area (Å²) in [7, 11) is 1.43. The van der Waals surface area contributed by atoms with Gasteiger partial charge in [-0.15, -0.1) is 0 Å². The molecule has 0 saturated heterocycles. The Morgan fingerprint density at radius 1 is 1.16 bits per heavy atom. The first-order chi connectivity index (χ1) is 15.2. The summed E-state index contributed by atoms with van der Waals surface area (Å²) in [6, 6.07) is 13.0. The van der Waals surface area contributed by atoms with Gasteiger partial charge in [-0.3, -0.25) is 4.79 Å². The lowest BCUT2D eigenvalue weighted by atomic mass is 10.2. The molecule has 0 saturated carbocycles. The summed E-state index contributed by atoms with van der Waals surface area (Å²) in [4.78, 5) is 24.8. The van der Waals surface area contributed by atoms with Gasteiger partial charge in [0.05, 0.1) is 26.5 Å². The predicted octanol–water partition coefficient (Wildman–Crippen LogP) is 2.96. The molecule has 9 nitrogen and oxygen atoms in total. The molecule has 0 spiro atoms. The molecule has 0 bridgehead atoms. The molecule has 2 amide bonds. The molecule has 0 aromatic heterocycles. The number of aromatic hydroxyl groups is 1. The number of carbonyl (C=O) groups excluding carboxylic acids is 2. The van der Waals surface area contributed by atoms with Crippen LogP contribution in [-0.2, 0) is 20.9 Å². The van der Waals surface area contributed by atoms with E-state index in [2.05, 4.69) is 15.8 Å². The number of hydrogen-bond acceptors (Lipinski definition) is 7. The number of hydrazone groups is 1. The molecule has 0 fully saturated rings. The van der Waals surface area contributed by atoms with E-state index in [0.717, 1.165) is 5.56 Å². The second-order valence-electron chi connectivity index (χ2n) is 7.87. The maximum atomic E-state index is 12.6. The average molecular weight is 444 g/mol. The van der Waals surface area contributed by atoms with Crippen molar-refractivity contribution in [3.8, 4) is 11.5 Å². The number of alkyl carbamates (subject to hydrolysis) is 1. The minimum Gasteiger partial charge on any atom is -0.504 e. The molecule has 1 unspecified atom stereocenters. The first-order valence-electron chi connectivity index (χ1n) is 9.99. The number of ether oxygens (including phenoxy) is 3. The Hall–Kier alpha value is -3.59. The van der Waals surface area contributed by atoms with Gasteiger partial charge < -0.3 is 24.6 Å². The summed E-state index contributed by atoms with van der Waals surface area (Å²) in [6.45, 7) is 5.37. The number of amides is 2. The van der Waals surface area contributed by atoms with E-state index < -0.39 is 23.6 Å². The lowest BCUT2D eigenvalue weighted by Crippen LogP contribution is -2.49. The van der Waals surface area contributed by atoms with Crippen molar-refractivity contribution in [2.45, 2.75) is 39.0 Å². The molecule has 0 radical (unpaired) electrons. The first-order valence-corrected chi connectivity index (χ1v) is 9.99. The lowest BCUT2D eigenvalue weighted by molar-refractivity contribution is -0.124. The number of carbonyl (C=O) groups is 2. The van der Waals surface area contributed by atoms with Crippen molar-refractivity contribution in [1.82, 2.24) is 10.7 Å². The van der Waals surface area contributed by atoms with Crippen molar-refractivity contribution in [3.05, 3.63) is 59.7 Å². The van der Waals surface area contributed by atoms with E-state index in [1.807, 2.05) is 30.3 Å². The van der Waals surface area contributed by atoms with E-state index in [1.165, 1.54) is 19.4 Å². The third-order valence-electron chi connectivity index (χ3n) is 4.00. The third-order valence-corrected chi connectivity index (χ3v) is 4.00. The Morgan fingerprint density at radius 2 is 1.88 bits per heavy atom. The fourth-order valence-corrected chi connectivity index (χ4v) is 2.52. The summed E-state index contributed by atoms with van der Waals surface area (Å²) < 4.78 is 15.9. The Balaban J connectivity index is 2.00. The summed E-state index contributed by atoms with van der Waals surface area (Å²) in [5.74, 6) is -0.309. The second kappa shape index (κ2) is 11.7. The molecule has 172 valence electrons. The molecule has 2 aromatic carbocycles.